The van der Waals surface area contributed by atoms with Gasteiger partial charge in [-0.3, -0.25) is 4.90 Å². The van der Waals surface area contributed by atoms with Crippen LogP contribution in [0.2, 0.25) is 0 Å². The van der Waals surface area contributed by atoms with E-state index in [1.54, 1.807) is 0 Å². The third kappa shape index (κ3) is 4.06. The molecule has 0 aliphatic carbocycles. The fourth-order valence-electron chi connectivity index (χ4n) is 2.26. The summed E-state index contributed by atoms with van der Waals surface area (Å²) >= 11 is 0. The van der Waals surface area contributed by atoms with Gasteiger partial charge in [-0.1, -0.05) is 60.7 Å². The van der Waals surface area contributed by atoms with E-state index in [0.29, 0.717) is 6.54 Å². The Morgan fingerprint density at radius 3 is 1.68 bits per heavy atom. The summed E-state index contributed by atoms with van der Waals surface area (Å²) in [7, 11) is 2.04. The quantitative estimate of drug-likeness (QED) is 0.908. The minimum atomic E-state index is 0. The molecule has 0 heterocycles. The molecule has 1 N–H and O–H groups in total. The molecule has 0 bridgehead atoms. The number of aliphatic hydroxyl groups excluding tert-OH is 1. The Morgan fingerprint density at radius 1 is 0.895 bits per heavy atom. The summed E-state index contributed by atoms with van der Waals surface area (Å²) in [6, 6.07) is 21.0. The third-order valence-electron chi connectivity index (χ3n) is 3.12. The SMILES string of the molecule is CN(CCO)C(c1ccccc1)c1ccccc1.Cl. The van der Waals surface area contributed by atoms with Crippen LogP contribution in [0, 0.1) is 0 Å². The molecule has 2 nitrogen and oxygen atoms in total. The molecule has 0 spiro atoms. The van der Waals surface area contributed by atoms with Crippen molar-refractivity contribution in [3.63, 3.8) is 0 Å². The summed E-state index contributed by atoms with van der Waals surface area (Å²) < 4.78 is 0. The molecular formula is C16H20ClNO. The Hall–Kier alpha value is -1.35. The maximum absolute atomic E-state index is 9.14. The van der Waals surface area contributed by atoms with Crippen LogP contribution in [-0.4, -0.2) is 30.2 Å². The van der Waals surface area contributed by atoms with Crippen LogP contribution in [0.25, 0.3) is 0 Å². The van der Waals surface area contributed by atoms with E-state index >= 15 is 0 Å². The van der Waals surface area contributed by atoms with Gasteiger partial charge in [-0.05, 0) is 18.2 Å². The highest BCUT2D eigenvalue weighted by Gasteiger charge is 2.18. The lowest BCUT2D eigenvalue weighted by molar-refractivity contribution is 0.197. The molecule has 0 saturated carbocycles. The number of halogens is 1. The van der Waals surface area contributed by atoms with Gasteiger partial charge in [0.2, 0.25) is 0 Å². The zero-order valence-corrected chi connectivity index (χ0v) is 11.9. The predicted molar refractivity (Wildman–Crippen MR) is 81.7 cm³/mol. The summed E-state index contributed by atoms with van der Waals surface area (Å²) in [6.07, 6.45) is 0. The van der Waals surface area contributed by atoms with Crippen LogP contribution in [-0.2, 0) is 0 Å². The van der Waals surface area contributed by atoms with Gasteiger partial charge in [0.15, 0.2) is 0 Å². The summed E-state index contributed by atoms with van der Waals surface area (Å²) in [5.41, 5.74) is 2.50. The van der Waals surface area contributed by atoms with Crippen LogP contribution in [0.1, 0.15) is 17.2 Å². The molecule has 0 atom stereocenters. The van der Waals surface area contributed by atoms with Gasteiger partial charge in [0.1, 0.15) is 0 Å². The Kier molecular flexibility index (Phi) is 6.57. The van der Waals surface area contributed by atoms with Gasteiger partial charge in [-0.25, -0.2) is 0 Å². The predicted octanol–water partition coefficient (Wildman–Crippen LogP) is 3.12. The van der Waals surface area contributed by atoms with Crippen molar-refractivity contribution in [1.82, 2.24) is 4.90 Å². The van der Waals surface area contributed by atoms with Gasteiger partial charge in [0, 0.05) is 6.54 Å². The van der Waals surface area contributed by atoms with Crippen molar-refractivity contribution in [2.45, 2.75) is 6.04 Å². The van der Waals surface area contributed by atoms with E-state index in [1.165, 1.54) is 11.1 Å². The number of hydrogen-bond donors (Lipinski definition) is 1. The second-order valence-corrected chi connectivity index (χ2v) is 4.43. The fourth-order valence-corrected chi connectivity index (χ4v) is 2.26. The third-order valence-corrected chi connectivity index (χ3v) is 3.12. The maximum atomic E-state index is 9.14. The van der Waals surface area contributed by atoms with E-state index in [1.807, 2.05) is 19.2 Å². The van der Waals surface area contributed by atoms with Crippen LogP contribution in [0.15, 0.2) is 60.7 Å². The largest absolute Gasteiger partial charge is 0.395 e. The van der Waals surface area contributed by atoms with Gasteiger partial charge >= 0.3 is 0 Å². The molecule has 2 aromatic carbocycles. The summed E-state index contributed by atoms with van der Waals surface area (Å²) in [6.45, 7) is 0.834. The first-order valence-electron chi connectivity index (χ1n) is 6.24. The van der Waals surface area contributed by atoms with Gasteiger partial charge in [0.25, 0.3) is 0 Å². The number of likely N-dealkylation sites (N-methyl/N-ethyl adjacent to an activating group) is 1. The van der Waals surface area contributed by atoms with E-state index in [2.05, 4.69) is 53.4 Å². The number of rotatable bonds is 5. The smallest absolute Gasteiger partial charge is 0.0600 e. The summed E-state index contributed by atoms with van der Waals surface area (Å²) in [4.78, 5) is 2.17. The van der Waals surface area contributed by atoms with E-state index in [-0.39, 0.29) is 25.1 Å². The van der Waals surface area contributed by atoms with Crippen molar-refractivity contribution < 1.29 is 5.11 Å². The minimum Gasteiger partial charge on any atom is -0.395 e. The first-order chi connectivity index (χ1) is 8.83. The summed E-state index contributed by atoms with van der Waals surface area (Å²) in [5.74, 6) is 0. The topological polar surface area (TPSA) is 23.5 Å². The Bertz CT molecular complexity index is 421. The standard InChI is InChI=1S/C16H19NO.ClH/c1-17(12-13-18)16(14-8-4-2-5-9-14)15-10-6-3-7-11-15;/h2-11,16,18H,12-13H2,1H3;1H. The van der Waals surface area contributed by atoms with Crippen LogP contribution >= 0.6 is 12.4 Å². The molecule has 0 radical (unpaired) electrons. The number of aliphatic hydroxyl groups is 1. The van der Waals surface area contributed by atoms with Crippen LogP contribution in [0.3, 0.4) is 0 Å². The first kappa shape index (κ1) is 15.7. The zero-order chi connectivity index (χ0) is 12.8. The molecule has 0 aliphatic rings. The second kappa shape index (κ2) is 7.95. The van der Waals surface area contributed by atoms with Crippen molar-refractivity contribution in [3.05, 3.63) is 71.8 Å². The van der Waals surface area contributed by atoms with Gasteiger partial charge in [0.05, 0.1) is 12.6 Å². The fraction of sp³-hybridized carbons (Fsp3) is 0.250. The van der Waals surface area contributed by atoms with E-state index in [9.17, 15) is 0 Å². The number of benzene rings is 2. The highest BCUT2D eigenvalue weighted by molar-refractivity contribution is 5.85. The molecule has 19 heavy (non-hydrogen) atoms. The molecule has 0 amide bonds. The lowest BCUT2D eigenvalue weighted by Gasteiger charge is -2.28. The highest BCUT2D eigenvalue weighted by Crippen LogP contribution is 2.26. The molecule has 0 fully saturated rings. The normalized spacial score (nSPS) is 10.5. The van der Waals surface area contributed by atoms with Crippen molar-refractivity contribution in [3.8, 4) is 0 Å². The zero-order valence-electron chi connectivity index (χ0n) is 11.1. The number of nitrogens with zero attached hydrogens (tertiary/aromatic N) is 1. The van der Waals surface area contributed by atoms with Crippen molar-refractivity contribution in [2.24, 2.45) is 0 Å². The first-order valence-corrected chi connectivity index (χ1v) is 6.24. The molecule has 0 aliphatic heterocycles. The Labute approximate surface area is 121 Å². The molecule has 0 saturated heterocycles. The molecule has 0 unspecified atom stereocenters. The van der Waals surface area contributed by atoms with Crippen LogP contribution in [0.4, 0.5) is 0 Å². The number of hydrogen-bond acceptors (Lipinski definition) is 2. The molecule has 2 aromatic rings. The lowest BCUT2D eigenvalue weighted by Crippen LogP contribution is -2.28. The van der Waals surface area contributed by atoms with Gasteiger partial charge in [-0.2, -0.15) is 0 Å². The molecule has 0 aromatic heterocycles. The van der Waals surface area contributed by atoms with Crippen LogP contribution in [0.5, 0.6) is 0 Å². The average molecular weight is 278 g/mol. The van der Waals surface area contributed by atoms with Crippen LogP contribution < -0.4 is 0 Å². The van der Waals surface area contributed by atoms with E-state index in [0.717, 1.165) is 0 Å². The average Bonchev–Trinajstić information content (AvgIpc) is 2.42. The Morgan fingerprint density at radius 2 is 1.32 bits per heavy atom. The minimum absolute atomic E-state index is 0. The second-order valence-electron chi connectivity index (χ2n) is 4.43. The molecule has 3 heteroatoms. The van der Waals surface area contributed by atoms with E-state index < -0.39 is 0 Å². The highest BCUT2D eigenvalue weighted by atomic mass is 35.5. The van der Waals surface area contributed by atoms with E-state index in [4.69, 9.17) is 5.11 Å². The monoisotopic (exact) mass is 277 g/mol. The summed E-state index contributed by atoms with van der Waals surface area (Å²) in [5, 5.41) is 9.14. The Balaban J connectivity index is 0.00000180. The molecule has 2 rings (SSSR count). The van der Waals surface area contributed by atoms with Gasteiger partial charge in [-0.15, -0.1) is 12.4 Å². The van der Waals surface area contributed by atoms with Crippen molar-refractivity contribution in [2.75, 3.05) is 20.2 Å². The van der Waals surface area contributed by atoms with Crippen molar-refractivity contribution >= 4 is 12.4 Å². The maximum Gasteiger partial charge on any atom is 0.0600 e. The molecule has 102 valence electrons. The molecular weight excluding hydrogens is 258 g/mol. The lowest BCUT2D eigenvalue weighted by atomic mass is 9.97. The van der Waals surface area contributed by atoms with Gasteiger partial charge < -0.3 is 5.11 Å². The van der Waals surface area contributed by atoms with Crippen molar-refractivity contribution in [1.29, 1.82) is 0 Å².